The molecule has 0 bridgehead atoms. The van der Waals surface area contributed by atoms with Crippen molar-refractivity contribution in [3.63, 3.8) is 0 Å². The Labute approximate surface area is 89.0 Å². The van der Waals surface area contributed by atoms with Crippen molar-refractivity contribution in [1.82, 2.24) is 0 Å². The van der Waals surface area contributed by atoms with Crippen LogP contribution in [0.1, 0.15) is 14.5 Å². The van der Waals surface area contributed by atoms with Gasteiger partial charge in [0.1, 0.15) is 0 Å². The zero-order chi connectivity index (χ0) is 10.1. The van der Waals surface area contributed by atoms with E-state index >= 15 is 0 Å². The van der Waals surface area contributed by atoms with Crippen LogP contribution >= 0.6 is 22.7 Å². The Morgan fingerprint density at radius 1 is 0.929 bits per heavy atom. The number of anilines is 2. The molecule has 0 aliphatic heterocycles. The molecule has 0 aliphatic rings. The van der Waals surface area contributed by atoms with Gasteiger partial charge in [-0.25, -0.2) is 0 Å². The van der Waals surface area contributed by atoms with Gasteiger partial charge < -0.3 is 11.5 Å². The standard InChI is InChI=1S/C9H8N2OS2/c10-7-3-1-5(13-7)9(12)6-2-4-8(11)14-6/h1-4H,10-11H2. The summed E-state index contributed by atoms with van der Waals surface area (Å²) >= 11 is 2.59. The zero-order valence-electron chi connectivity index (χ0n) is 7.19. The maximum Gasteiger partial charge on any atom is 0.213 e. The van der Waals surface area contributed by atoms with Crippen molar-refractivity contribution in [2.45, 2.75) is 0 Å². The lowest BCUT2D eigenvalue weighted by atomic mass is 10.3. The van der Waals surface area contributed by atoms with Crippen LogP contribution in [0.25, 0.3) is 0 Å². The summed E-state index contributed by atoms with van der Waals surface area (Å²) in [6, 6.07) is 6.93. The first-order valence-corrected chi connectivity index (χ1v) is 5.55. The summed E-state index contributed by atoms with van der Waals surface area (Å²) in [6.07, 6.45) is 0. The smallest absolute Gasteiger partial charge is 0.213 e. The summed E-state index contributed by atoms with van der Waals surface area (Å²) in [5.41, 5.74) is 11.1. The highest BCUT2D eigenvalue weighted by atomic mass is 32.1. The Kier molecular flexibility index (Phi) is 2.26. The molecule has 0 amide bonds. The summed E-state index contributed by atoms with van der Waals surface area (Å²) in [6.45, 7) is 0. The maximum absolute atomic E-state index is 11.8. The minimum absolute atomic E-state index is 0.00611. The molecule has 0 aliphatic carbocycles. The van der Waals surface area contributed by atoms with Gasteiger partial charge in [0.15, 0.2) is 0 Å². The van der Waals surface area contributed by atoms with Crippen LogP contribution in [0.15, 0.2) is 24.3 Å². The van der Waals surface area contributed by atoms with Crippen LogP contribution in [0.3, 0.4) is 0 Å². The Balaban J connectivity index is 2.33. The fraction of sp³-hybridized carbons (Fsp3) is 0. The predicted molar refractivity (Wildman–Crippen MR) is 60.9 cm³/mol. The van der Waals surface area contributed by atoms with E-state index in [0.717, 1.165) is 0 Å². The number of ketones is 1. The van der Waals surface area contributed by atoms with Gasteiger partial charge in [0.25, 0.3) is 0 Å². The monoisotopic (exact) mass is 224 g/mol. The molecule has 0 saturated carbocycles. The summed E-state index contributed by atoms with van der Waals surface area (Å²) in [5, 5.41) is 1.30. The van der Waals surface area contributed by atoms with Crippen LogP contribution in [0.5, 0.6) is 0 Å². The highest BCUT2D eigenvalue weighted by Crippen LogP contribution is 2.26. The van der Waals surface area contributed by atoms with Gasteiger partial charge in [-0.3, -0.25) is 4.79 Å². The van der Waals surface area contributed by atoms with Gasteiger partial charge in [0.05, 0.1) is 19.8 Å². The summed E-state index contributed by atoms with van der Waals surface area (Å²) in [5.74, 6) is -0.00611. The Bertz CT molecular complexity index is 430. The van der Waals surface area contributed by atoms with Gasteiger partial charge in [-0.2, -0.15) is 0 Å². The van der Waals surface area contributed by atoms with Crippen molar-refractivity contribution in [1.29, 1.82) is 0 Å². The Morgan fingerprint density at radius 2 is 1.36 bits per heavy atom. The molecule has 5 heteroatoms. The van der Waals surface area contributed by atoms with E-state index in [0.29, 0.717) is 19.8 Å². The molecule has 0 saturated heterocycles. The third-order valence-electron chi connectivity index (χ3n) is 1.70. The average Bonchev–Trinajstić information content (AvgIpc) is 2.73. The number of hydrogen-bond donors (Lipinski definition) is 2. The number of thiophene rings is 2. The SMILES string of the molecule is Nc1ccc(C(=O)c2ccc(N)s2)s1. The number of nitrogens with two attached hydrogens (primary N) is 2. The Morgan fingerprint density at radius 3 is 1.64 bits per heavy atom. The van der Waals surface area contributed by atoms with E-state index in [1.54, 1.807) is 24.3 Å². The van der Waals surface area contributed by atoms with E-state index in [9.17, 15) is 4.79 Å². The van der Waals surface area contributed by atoms with Crippen molar-refractivity contribution in [3.8, 4) is 0 Å². The minimum Gasteiger partial charge on any atom is -0.391 e. The van der Waals surface area contributed by atoms with E-state index in [4.69, 9.17) is 11.5 Å². The molecule has 4 N–H and O–H groups in total. The number of carbonyl (C=O) groups is 1. The summed E-state index contributed by atoms with van der Waals surface area (Å²) < 4.78 is 0. The lowest BCUT2D eigenvalue weighted by molar-refractivity contribution is 0.104. The van der Waals surface area contributed by atoms with Crippen LogP contribution in [0.2, 0.25) is 0 Å². The van der Waals surface area contributed by atoms with Crippen LogP contribution in [0, 0.1) is 0 Å². The van der Waals surface area contributed by atoms with Crippen molar-refractivity contribution in [2.75, 3.05) is 11.5 Å². The van der Waals surface area contributed by atoms with Crippen molar-refractivity contribution in [2.24, 2.45) is 0 Å². The van der Waals surface area contributed by atoms with E-state index < -0.39 is 0 Å². The second-order valence-electron chi connectivity index (χ2n) is 2.73. The van der Waals surface area contributed by atoms with Crippen LogP contribution in [-0.2, 0) is 0 Å². The summed E-state index contributed by atoms with van der Waals surface area (Å²) in [7, 11) is 0. The number of rotatable bonds is 2. The fourth-order valence-electron chi connectivity index (χ4n) is 1.07. The van der Waals surface area contributed by atoms with E-state index in [-0.39, 0.29) is 5.78 Å². The molecule has 2 rings (SSSR count). The normalized spacial score (nSPS) is 10.3. The van der Waals surface area contributed by atoms with Gasteiger partial charge in [-0.1, -0.05) is 0 Å². The zero-order valence-corrected chi connectivity index (χ0v) is 8.82. The molecule has 2 aromatic rings. The maximum atomic E-state index is 11.8. The molecule has 0 spiro atoms. The first-order valence-electron chi connectivity index (χ1n) is 3.92. The van der Waals surface area contributed by atoms with E-state index in [1.165, 1.54) is 22.7 Å². The Hall–Kier alpha value is -1.33. The van der Waals surface area contributed by atoms with Gasteiger partial charge >= 0.3 is 0 Å². The molecule has 2 heterocycles. The molecular weight excluding hydrogens is 216 g/mol. The quantitative estimate of drug-likeness (QED) is 0.768. The fourth-order valence-corrected chi connectivity index (χ4v) is 2.59. The molecular formula is C9H8N2OS2. The third kappa shape index (κ3) is 1.64. The van der Waals surface area contributed by atoms with Gasteiger partial charge in [0, 0.05) is 0 Å². The largest absolute Gasteiger partial charge is 0.391 e. The number of nitrogen functional groups attached to an aromatic ring is 2. The minimum atomic E-state index is -0.00611. The molecule has 0 fully saturated rings. The lowest BCUT2D eigenvalue weighted by Gasteiger charge is -1.90. The second kappa shape index (κ2) is 3.43. The van der Waals surface area contributed by atoms with Crippen molar-refractivity contribution < 1.29 is 4.79 Å². The highest BCUT2D eigenvalue weighted by molar-refractivity contribution is 7.21. The lowest BCUT2D eigenvalue weighted by Crippen LogP contribution is -1.93. The van der Waals surface area contributed by atoms with Gasteiger partial charge in [-0.15, -0.1) is 22.7 Å². The van der Waals surface area contributed by atoms with Crippen LogP contribution in [-0.4, -0.2) is 5.78 Å². The van der Waals surface area contributed by atoms with Crippen LogP contribution in [0.4, 0.5) is 10.0 Å². The molecule has 0 unspecified atom stereocenters. The molecule has 2 aromatic heterocycles. The molecule has 14 heavy (non-hydrogen) atoms. The number of hydrogen-bond acceptors (Lipinski definition) is 5. The molecule has 72 valence electrons. The molecule has 0 radical (unpaired) electrons. The summed E-state index contributed by atoms with van der Waals surface area (Å²) in [4.78, 5) is 13.1. The predicted octanol–water partition coefficient (Wildman–Crippen LogP) is 2.21. The van der Waals surface area contributed by atoms with Crippen LogP contribution < -0.4 is 11.5 Å². The first kappa shape index (κ1) is 9.23. The third-order valence-corrected chi connectivity index (χ3v) is 3.53. The van der Waals surface area contributed by atoms with E-state index in [1.807, 2.05) is 0 Å². The number of carbonyl (C=O) groups excluding carboxylic acids is 1. The van der Waals surface area contributed by atoms with Gasteiger partial charge in [0.2, 0.25) is 5.78 Å². The van der Waals surface area contributed by atoms with Crippen molar-refractivity contribution >= 4 is 38.5 Å². The highest BCUT2D eigenvalue weighted by Gasteiger charge is 2.12. The second-order valence-corrected chi connectivity index (χ2v) is 4.96. The molecule has 0 aromatic carbocycles. The van der Waals surface area contributed by atoms with Gasteiger partial charge in [-0.05, 0) is 24.3 Å². The molecule has 0 atom stereocenters. The van der Waals surface area contributed by atoms with Crippen molar-refractivity contribution in [3.05, 3.63) is 34.0 Å². The molecule has 3 nitrogen and oxygen atoms in total. The topological polar surface area (TPSA) is 69.1 Å². The average molecular weight is 224 g/mol. The first-order chi connectivity index (χ1) is 6.66. The van der Waals surface area contributed by atoms with E-state index in [2.05, 4.69) is 0 Å².